The van der Waals surface area contributed by atoms with Gasteiger partial charge in [0.25, 0.3) is 0 Å². The summed E-state index contributed by atoms with van der Waals surface area (Å²) >= 11 is 0. The molecule has 0 heterocycles. The molecule has 0 amide bonds. The van der Waals surface area contributed by atoms with Gasteiger partial charge in [-0.3, -0.25) is 4.79 Å². The van der Waals surface area contributed by atoms with Crippen LogP contribution in [0.4, 0.5) is 0 Å². The second kappa shape index (κ2) is 35.6. The fourth-order valence-corrected chi connectivity index (χ4v) is 5.37. The molecule has 0 aliphatic rings. The third-order valence-corrected chi connectivity index (χ3v) is 8.18. The summed E-state index contributed by atoms with van der Waals surface area (Å²) < 4.78 is 17.7. The molecule has 0 atom stereocenters. The maximum atomic E-state index is 12.2. The molecule has 0 bridgehead atoms. The minimum absolute atomic E-state index is 0.0403. The van der Waals surface area contributed by atoms with E-state index in [4.69, 9.17) is 14.2 Å². The van der Waals surface area contributed by atoms with Gasteiger partial charge < -0.3 is 14.2 Å². The summed E-state index contributed by atoms with van der Waals surface area (Å²) in [6.07, 6.45) is 35.7. The molecule has 0 spiro atoms. The van der Waals surface area contributed by atoms with Crippen LogP contribution in [0.5, 0.6) is 0 Å². The lowest BCUT2D eigenvalue weighted by Crippen LogP contribution is -2.19. The van der Waals surface area contributed by atoms with Gasteiger partial charge in [0.15, 0.2) is 6.29 Å². The third-order valence-electron chi connectivity index (χ3n) is 8.18. The summed E-state index contributed by atoms with van der Waals surface area (Å²) in [4.78, 5) is 12.2. The second-order valence-electron chi connectivity index (χ2n) is 12.4. The monoisotopic (exact) mass is 583 g/mol. The molecule has 41 heavy (non-hydrogen) atoms. The Kier molecular flexibility index (Phi) is 35.1. The second-order valence-corrected chi connectivity index (χ2v) is 12.4. The average molecular weight is 583 g/mol. The summed E-state index contributed by atoms with van der Waals surface area (Å²) in [5.74, 6) is -0.0403. The Hall–Kier alpha value is -0.610. The van der Waals surface area contributed by atoms with Crippen molar-refractivity contribution in [2.24, 2.45) is 0 Å². The van der Waals surface area contributed by atoms with E-state index in [2.05, 4.69) is 20.8 Å². The Bertz CT molecular complexity index is 477. The van der Waals surface area contributed by atoms with E-state index in [0.29, 0.717) is 13.0 Å². The summed E-state index contributed by atoms with van der Waals surface area (Å²) in [7, 11) is 0. The van der Waals surface area contributed by atoms with E-state index in [-0.39, 0.29) is 12.3 Å². The molecule has 4 heteroatoms. The normalized spacial score (nSPS) is 11.5. The van der Waals surface area contributed by atoms with Gasteiger partial charge in [-0.1, -0.05) is 162 Å². The van der Waals surface area contributed by atoms with Gasteiger partial charge in [0.05, 0.1) is 6.61 Å². The lowest BCUT2D eigenvalue weighted by Gasteiger charge is -2.19. The van der Waals surface area contributed by atoms with Crippen molar-refractivity contribution in [2.75, 3.05) is 19.8 Å². The molecule has 0 fully saturated rings. The molecule has 246 valence electrons. The highest BCUT2D eigenvalue weighted by Crippen LogP contribution is 2.15. The summed E-state index contributed by atoms with van der Waals surface area (Å²) in [5.41, 5.74) is 0. The van der Waals surface area contributed by atoms with E-state index in [9.17, 15) is 4.79 Å². The Morgan fingerprint density at radius 1 is 0.415 bits per heavy atom. The number of carbonyl (C=O) groups excluding carboxylic acids is 1. The number of unbranched alkanes of at least 4 members (excludes halogenated alkanes) is 23. The van der Waals surface area contributed by atoms with Gasteiger partial charge in [-0.25, -0.2) is 0 Å². The fraction of sp³-hybridized carbons (Fsp3) is 0.973. The first kappa shape index (κ1) is 40.4. The van der Waals surface area contributed by atoms with Crippen LogP contribution in [0.2, 0.25) is 0 Å². The van der Waals surface area contributed by atoms with Gasteiger partial charge in [0.1, 0.15) is 0 Å². The molecule has 0 aliphatic carbocycles. The minimum Gasteiger partial charge on any atom is -0.466 e. The van der Waals surface area contributed by atoms with Crippen LogP contribution in [0.25, 0.3) is 0 Å². The number of hydrogen-bond acceptors (Lipinski definition) is 4. The molecule has 0 saturated carbocycles. The Morgan fingerprint density at radius 3 is 1.15 bits per heavy atom. The minimum atomic E-state index is -0.122. The zero-order valence-corrected chi connectivity index (χ0v) is 28.3. The van der Waals surface area contributed by atoms with E-state index in [0.717, 1.165) is 51.7 Å². The van der Waals surface area contributed by atoms with Crippen LogP contribution in [0, 0.1) is 0 Å². The topological polar surface area (TPSA) is 44.8 Å². The predicted octanol–water partition coefficient (Wildman–Crippen LogP) is 12.3. The maximum Gasteiger partial charge on any atom is 0.305 e. The zero-order chi connectivity index (χ0) is 29.9. The fourth-order valence-electron chi connectivity index (χ4n) is 5.37. The first-order chi connectivity index (χ1) is 20.2. The molecule has 0 radical (unpaired) electrons. The average Bonchev–Trinajstić information content (AvgIpc) is 2.98. The van der Waals surface area contributed by atoms with Crippen LogP contribution >= 0.6 is 0 Å². The SMILES string of the molecule is CCCCCCCCCCCCCCCOC(=O)CCCCC(OCCCCCCCC)OCCCCCCCC. The van der Waals surface area contributed by atoms with E-state index in [1.54, 1.807) is 0 Å². The highest BCUT2D eigenvalue weighted by Gasteiger charge is 2.11. The molecule has 0 saturated heterocycles. The Morgan fingerprint density at radius 2 is 0.756 bits per heavy atom. The maximum absolute atomic E-state index is 12.2. The van der Waals surface area contributed by atoms with Crippen molar-refractivity contribution in [1.29, 1.82) is 0 Å². The van der Waals surface area contributed by atoms with Crippen molar-refractivity contribution >= 4 is 5.97 Å². The molecular weight excluding hydrogens is 508 g/mol. The van der Waals surface area contributed by atoms with Gasteiger partial charge in [0, 0.05) is 19.6 Å². The van der Waals surface area contributed by atoms with Gasteiger partial charge in [-0.2, -0.15) is 0 Å². The molecule has 0 unspecified atom stereocenters. The van der Waals surface area contributed by atoms with Gasteiger partial charge >= 0.3 is 5.97 Å². The molecular formula is C37H74O4. The number of esters is 1. The van der Waals surface area contributed by atoms with Crippen molar-refractivity contribution in [3.05, 3.63) is 0 Å². The summed E-state index contributed by atoms with van der Waals surface area (Å²) in [6.45, 7) is 8.96. The quantitative estimate of drug-likeness (QED) is 0.0423. The summed E-state index contributed by atoms with van der Waals surface area (Å²) in [5, 5.41) is 0. The Labute approximate surface area is 257 Å². The van der Waals surface area contributed by atoms with Crippen LogP contribution in [0.3, 0.4) is 0 Å². The molecule has 0 N–H and O–H groups in total. The van der Waals surface area contributed by atoms with Gasteiger partial charge in [0.2, 0.25) is 0 Å². The first-order valence-electron chi connectivity index (χ1n) is 18.6. The van der Waals surface area contributed by atoms with E-state index in [1.807, 2.05) is 0 Å². The lowest BCUT2D eigenvalue weighted by molar-refractivity contribution is -0.149. The third kappa shape index (κ3) is 33.8. The van der Waals surface area contributed by atoms with E-state index >= 15 is 0 Å². The Balaban J connectivity index is 3.78. The van der Waals surface area contributed by atoms with Crippen molar-refractivity contribution in [1.82, 2.24) is 0 Å². The van der Waals surface area contributed by atoms with E-state index < -0.39 is 0 Å². The zero-order valence-electron chi connectivity index (χ0n) is 28.3. The molecule has 0 aliphatic heterocycles. The van der Waals surface area contributed by atoms with Crippen LogP contribution in [-0.4, -0.2) is 32.1 Å². The largest absolute Gasteiger partial charge is 0.466 e. The first-order valence-corrected chi connectivity index (χ1v) is 18.6. The predicted molar refractivity (Wildman–Crippen MR) is 178 cm³/mol. The van der Waals surface area contributed by atoms with Gasteiger partial charge in [-0.05, 0) is 38.5 Å². The number of carbonyl (C=O) groups is 1. The summed E-state index contributed by atoms with van der Waals surface area (Å²) in [6, 6.07) is 0. The molecule has 0 aromatic heterocycles. The molecule has 0 rings (SSSR count). The standard InChI is InChI=1S/C37H74O4/c1-4-7-10-13-16-17-18-19-20-21-22-25-28-33-39-36(38)31-26-27-32-37(40-34-29-23-14-11-8-5-2)41-35-30-24-15-12-9-6-3/h37H,4-35H2,1-3H3. The number of rotatable bonds is 35. The van der Waals surface area contributed by atoms with Crippen molar-refractivity contribution in [2.45, 2.75) is 213 Å². The lowest BCUT2D eigenvalue weighted by atomic mass is 10.0. The van der Waals surface area contributed by atoms with Crippen LogP contribution in [0.15, 0.2) is 0 Å². The van der Waals surface area contributed by atoms with Crippen molar-refractivity contribution in [3.8, 4) is 0 Å². The molecule has 0 aromatic rings. The van der Waals surface area contributed by atoms with Crippen LogP contribution in [-0.2, 0) is 19.0 Å². The highest BCUT2D eigenvalue weighted by molar-refractivity contribution is 5.69. The van der Waals surface area contributed by atoms with Crippen LogP contribution in [0.1, 0.15) is 207 Å². The number of hydrogen-bond donors (Lipinski definition) is 0. The van der Waals surface area contributed by atoms with E-state index in [1.165, 1.54) is 141 Å². The smallest absolute Gasteiger partial charge is 0.305 e. The van der Waals surface area contributed by atoms with Crippen molar-refractivity contribution in [3.63, 3.8) is 0 Å². The highest BCUT2D eigenvalue weighted by atomic mass is 16.7. The molecule has 4 nitrogen and oxygen atoms in total. The van der Waals surface area contributed by atoms with Gasteiger partial charge in [-0.15, -0.1) is 0 Å². The molecule has 0 aromatic carbocycles. The van der Waals surface area contributed by atoms with Crippen LogP contribution < -0.4 is 0 Å². The van der Waals surface area contributed by atoms with Crippen molar-refractivity contribution < 1.29 is 19.0 Å². The number of ether oxygens (including phenoxy) is 3.